The summed E-state index contributed by atoms with van der Waals surface area (Å²) in [6, 6.07) is 0. The van der Waals surface area contributed by atoms with Crippen LogP contribution in [0.3, 0.4) is 0 Å². The third-order valence-electron chi connectivity index (χ3n) is 3.92. The van der Waals surface area contributed by atoms with Gasteiger partial charge in [-0.05, 0) is 19.8 Å². The molecule has 2 unspecified atom stereocenters. The second kappa shape index (κ2) is 4.65. The van der Waals surface area contributed by atoms with Crippen LogP contribution in [0.5, 0.6) is 0 Å². The van der Waals surface area contributed by atoms with E-state index in [0.29, 0.717) is 11.7 Å². The Labute approximate surface area is 88.2 Å². The second-order valence-electron chi connectivity index (χ2n) is 5.29. The molecule has 0 aromatic rings. The Morgan fingerprint density at radius 3 is 2.14 bits per heavy atom. The van der Waals surface area contributed by atoms with Gasteiger partial charge in [0.15, 0.2) is 0 Å². The molecular weight excluding hydrogens is 172 g/mol. The molecule has 0 bridgehead atoms. The predicted molar refractivity (Wildman–Crippen MR) is 59.4 cm³/mol. The van der Waals surface area contributed by atoms with E-state index in [1.54, 1.807) is 0 Å². The van der Waals surface area contributed by atoms with Crippen molar-refractivity contribution in [3.05, 3.63) is 0 Å². The quantitative estimate of drug-likeness (QED) is 0.532. The van der Waals surface area contributed by atoms with Gasteiger partial charge in [-0.15, -0.1) is 0 Å². The van der Waals surface area contributed by atoms with Crippen molar-refractivity contribution >= 4 is 0 Å². The zero-order chi connectivity index (χ0) is 9.86. The van der Waals surface area contributed by atoms with Crippen LogP contribution < -0.4 is 0 Å². The largest absolute Gasteiger partial charge is 0.366 e. The van der Waals surface area contributed by atoms with Crippen LogP contribution in [0.15, 0.2) is 0 Å². The maximum absolute atomic E-state index is 5.82. The van der Waals surface area contributed by atoms with Crippen molar-refractivity contribution in [2.24, 2.45) is 0 Å². The van der Waals surface area contributed by atoms with Crippen LogP contribution in [0.25, 0.3) is 0 Å². The van der Waals surface area contributed by atoms with Crippen molar-refractivity contribution in [1.82, 2.24) is 0 Å². The number of ether oxygens (including phenoxy) is 1. The standard InChI is InChI=1S/C13H24O/c1-13-11-9-7-5-3-2-4-6-8-10-12(13)14-13/h12H,2-11H2,1H3. The highest BCUT2D eigenvalue weighted by Gasteiger charge is 2.50. The third kappa shape index (κ3) is 2.73. The van der Waals surface area contributed by atoms with Gasteiger partial charge in [0.1, 0.15) is 0 Å². The third-order valence-corrected chi connectivity index (χ3v) is 3.92. The molecule has 1 saturated heterocycles. The predicted octanol–water partition coefficient (Wildman–Crippen LogP) is 4.06. The summed E-state index contributed by atoms with van der Waals surface area (Å²) in [6.45, 7) is 2.31. The highest BCUT2D eigenvalue weighted by Crippen LogP contribution is 2.43. The fraction of sp³-hybridized carbons (Fsp3) is 1.00. The molecule has 2 atom stereocenters. The van der Waals surface area contributed by atoms with Gasteiger partial charge in [0.05, 0.1) is 11.7 Å². The van der Waals surface area contributed by atoms with Gasteiger partial charge in [0, 0.05) is 0 Å². The normalized spacial score (nSPS) is 40.5. The van der Waals surface area contributed by atoms with Crippen LogP contribution in [0.1, 0.15) is 71.1 Å². The highest BCUT2D eigenvalue weighted by molar-refractivity contribution is 4.98. The Balaban J connectivity index is 1.75. The summed E-state index contributed by atoms with van der Waals surface area (Å²) in [4.78, 5) is 0. The molecule has 1 heterocycles. The first-order valence-electron chi connectivity index (χ1n) is 6.49. The fourth-order valence-corrected chi connectivity index (χ4v) is 2.74. The fourth-order valence-electron chi connectivity index (χ4n) is 2.74. The average Bonchev–Trinajstić information content (AvgIpc) is 2.78. The van der Waals surface area contributed by atoms with Gasteiger partial charge in [0.25, 0.3) is 0 Å². The van der Waals surface area contributed by atoms with Gasteiger partial charge in [-0.3, -0.25) is 0 Å². The summed E-state index contributed by atoms with van der Waals surface area (Å²) in [5, 5.41) is 0. The first-order chi connectivity index (χ1) is 6.81. The van der Waals surface area contributed by atoms with Gasteiger partial charge >= 0.3 is 0 Å². The minimum absolute atomic E-state index is 0.291. The molecule has 1 saturated carbocycles. The summed E-state index contributed by atoms with van der Waals surface area (Å²) < 4.78 is 5.82. The Morgan fingerprint density at radius 1 is 0.857 bits per heavy atom. The van der Waals surface area contributed by atoms with Gasteiger partial charge in [0.2, 0.25) is 0 Å². The molecule has 14 heavy (non-hydrogen) atoms. The lowest BCUT2D eigenvalue weighted by atomic mass is 9.94. The maximum atomic E-state index is 5.82. The Bertz CT molecular complexity index is 178. The Hall–Kier alpha value is -0.0400. The van der Waals surface area contributed by atoms with Crippen LogP contribution in [-0.2, 0) is 4.74 Å². The van der Waals surface area contributed by atoms with Crippen molar-refractivity contribution in [1.29, 1.82) is 0 Å². The van der Waals surface area contributed by atoms with Crippen molar-refractivity contribution in [3.8, 4) is 0 Å². The van der Waals surface area contributed by atoms with E-state index in [4.69, 9.17) is 4.74 Å². The molecule has 0 amide bonds. The molecule has 1 aliphatic carbocycles. The van der Waals surface area contributed by atoms with Crippen molar-refractivity contribution in [3.63, 3.8) is 0 Å². The zero-order valence-electron chi connectivity index (χ0n) is 9.56. The van der Waals surface area contributed by atoms with Gasteiger partial charge < -0.3 is 4.74 Å². The number of fused-ring (bicyclic) bond motifs is 1. The number of hydrogen-bond donors (Lipinski definition) is 0. The van der Waals surface area contributed by atoms with E-state index in [-0.39, 0.29) is 0 Å². The second-order valence-corrected chi connectivity index (χ2v) is 5.29. The minimum Gasteiger partial charge on any atom is -0.366 e. The molecule has 0 spiro atoms. The molecule has 2 fully saturated rings. The lowest BCUT2D eigenvalue weighted by molar-refractivity contribution is 0.288. The molecule has 82 valence electrons. The summed E-state index contributed by atoms with van der Waals surface area (Å²) in [7, 11) is 0. The maximum Gasteiger partial charge on any atom is 0.0920 e. The summed E-state index contributed by atoms with van der Waals surface area (Å²) in [6.07, 6.45) is 14.7. The van der Waals surface area contributed by atoms with E-state index in [2.05, 4.69) is 6.92 Å². The van der Waals surface area contributed by atoms with Crippen LogP contribution >= 0.6 is 0 Å². The van der Waals surface area contributed by atoms with E-state index < -0.39 is 0 Å². The first kappa shape index (κ1) is 10.5. The molecular formula is C13H24O. The Kier molecular flexibility index (Phi) is 3.48. The van der Waals surface area contributed by atoms with Crippen LogP contribution in [0.4, 0.5) is 0 Å². The number of epoxide rings is 1. The molecule has 0 radical (unpaired) electrons. The van der Waals surface area contributed by atoms with E-state index in [9.17, 15) is 0 Å². The zero-order valence-corrected chi connectivity index (χ0v) is 9.56. The molecule has 0 aromatic heterocycles. The molecule has 2 aliphatic rings. The smallest absolute Gasteiger partial charge is 0.0920 e. The molecule has 1 nitrogen and oxygen atoms in total. The van der Waals surface area contributed by atoms with Gasteiger partial charge in [-0.2, -0.15) is 0 Å². The molecule has 0 aromatic carbocycles. The topological polar surface area (TPSA) is 12.5 Å². The molecule has 2 rings (SSSR count). The van der Waals surface area contributed by atoms with Crippen molar-refractivity contribution < 1.29 is 4.74 Å². The van der Waals surface area contributed by atoms with Crippen LogP contribution in [0, 0.1) is 0 Å². The number of rotatable bonds is 0. The van der Waals surface area contributed by atoms with Gasteiger partial charge in [-0.1, -0.05) is 51.4 Å². The summed E-state index contributed by atoms with van der Waals surface area (Å²) in [5.41, 5.74) is 0.291. The monoisotopic (exact) mass is 196 g/mol. The van der Waals surface area contributed by atoms with Crippen LogP contribution in [-0.4, -0.2) is 11.7 Å². The van der Waals surface area contributed by atoms with Crippen molar-refractivity contribution in [2.75, 3.05) is 0 Å². The lowest BCUT2D eigenvalue weighted by Crippen LogP contribution is -2.09. The van der Waals surface area contributed by atoms with Crippen molar-refractivity contribution in [2.45, 2.75) is 82.8 Å². The minimum atomic E-state index is 0.291. The average molecular weight is 196 g/mol. The first-order valence-corrected chi connectivity index (χ1v) is 6.49. The van der Waals surface area contributed by atoms with E-state index >= 15 is 0 Å². The Morgan fingerprint density at radius 2 is 1.43 bits per heavy atom. The van der Waals surface area contributed by atoms with E-state index in [0.717, 1.165) is 0 Å². The number of hydrogen-bond acceptors (Lipinski definition) is 1. The summed E-state index contributed by atoms with van der Waals surface area (Å²) in [5.74, 6) is 0. The van der Waals surface area contributed by atoms with Gasteiger partial charge in [-0.25, -0.2) is 0 Å². The molecule has 1 aliphatic heterocycles. The molecule has 0 N–H and O–H groups in total. The van der Waals surface area contributed by atoms with E-state index in [1.165, 1.54) is 64.2 Å². The van der Waals surface area contributed by atoms with Crippen LogP contribution in [0.2, 0.25) is 0 Å². The highest BCUT2D eigenvalue weighted by atomic mass is 16.6. The molecule has 1 heteroatoms. The van der Waals surface area contributed by atoms with E-state index in [1.807, 2.05) is 0 Å². The summed E-state index contributed by atoms with van der Waals surface area (Å²) >= 11 is 0. The SMILES string of the molecule is CC12CCCCCCCCCCC1O2. The lowest BCUT2D eigenvalue weighted by Gasteiger charge is -2.08.